The van der Waals surface area contributed by atoms with Crippen molar-refractivity contribution in [3.05, 3.63) is 124 Å². The van der Waals surface area contributed by atoms with Gasteiger partial charge >= 0.3 is 10.1 Å². The highest BCUT2D eigenvalue weighted by atomic mass is 32.3. The van der Waals surface area contributed by atoms with Crippen molar-refractivity contribution >= 4 is 26.1 Å². The van der Waals surface area contributed by atoms with E-state index in [-0.39, 0.29) is 10.6 Å². The van der Waals surface area contributed by atoms with Crippen molar-refractivity contribution in [1.82, 2.24) is 0 Å². The second-order valence-corrected chi connectivity index (χ2v) is 12.1. The Morgan fingerprint density at radius 3 is 1.79 bits per heavy atom. The number of nitro benzene ring substituents is 1. The largest absolute Gasteiger partial charge is 0.307 e. The maximum atomic E-state index is 13.7. The van der Waals surface area contributed by atoms with Gasteiger partial charge in [-0.25, -0.2) is 3.63 Å². The van der Waals surface area contributed by atoms with Crippen LogP contribution in [0.25, 0.3) is 0 Å². The summed E-state index contributed by atoms with van der Waals surface area (Å²) in [6.45, 7) is 3.90. The fraction of sp³-hybridized carbons (Fsp3) is 0.0769. The molecule has 6 nitrogen and oxygen atoms in total. The van der Waals surface area contributed by atoms with Crippen LogP contribution >= 0.6 is 10.3 Å². The molecule has 4 aromatic rings. The molecule has 0 radical (unpaired) electrons. The van der Waals surface area contributed by atoms with Crippen molar-refractivity contribution in [1.29, 1.82) is 0 Å². The molecule has 4 aromatic carbocycles. The predicted molar refractivity (Wildman–Crippen MR) is 133 cm³/mol. The van der Waals surface area contributed by atoms with E-state index in [1.165, 1.54) is 18.2 Å². The smallest absolute Gasteiger partial charge is 0.258 e. The van der Waals surface area contributed by atoms with E-state index in [1.807, 2.05) is 92.7 Å². The molecule has 0 aliphatic carbocycles. The van der Waals surface area contributed by atoms with Crippen molar-refractivity contribution in [3.8, 4) is 0 Å². The van der Waals surface area contributed by atoms with Crippen LogP contribution in [0.4, 0.5) is 5.69 Å². The van der Waals surface area contributed by atoms with Crippen molar-refractivity contribution in [2.24, 2.45) is 0 Å². The molecule has 34 heavy (non-hydrogen) atoms. The minimum Gasteiger partial charge on any atom is -0.258 e. The quantitative estimate of drug-likeness (QED) is 0.208. The van der Waals surface area contributed by atoms with Crippen LogP contribution in [0.5, 0.6) is 0 Å². The zero-order valence-corrected chi connectivity index (χ0v) is 20.3. The van der Waals surface area contributed by atoms with Gasteiger partial charge in [-0.15, -0.1) is 0 Å². The molecule has 0 aliphatic heterocycles. The molecular formula is C26H23NO5S2. The highest BCUT2D eigenvalue weighted by Gasteiger charge is 2.39. The number of non-ortho nitro benzene ring substituents is 1. The van der Waals surface area contributed by atoms with E-state index >= 15 is 0 Å². The first-order valence-electron chi connectivity index (χ1n) is 10.5. The van der Waals surface area contributed by atoms with Crippen LogP contribution in [0.15, 0.2) is 123 Å². The number of nitro groups is 1. The topological polar surface area (TPSA) is 86.5 Å². The summed E-state index contributed by atoms with van der Waals surface area (Å²) >= 11 is 0. The molecule has 0 spiro atoms. The molecule has 0 fully saturated rings. The van der Waals surface area contributed by atoms with E-state index in [9.17, 15) is 18.5 Å². The van der Waals surface area contributed by atoms with Crippen LogP contribution in [-0.4, -0.2) is 13.3 Å². The van der Waals surface area contributed by atoms with Crippen LogP contribution < -0.4 is 0 Å². The van der Waals surface area contributed by atoms with E-state index in [2.05, 4.69) is 0 Å². The predicted octanol–water partition coefficient (Wildman–Crippen LogP) is 6.81. The van der Waals surface area contributed by atoms with Gasteiger partial charge in [0.1, 0.15) is 4.90 Å². The first-order valence-corrected chi connectivity index (χ1v) is 13.4. The molecule has 0 unspecified atom stereocenters. The highest BCUT2D eigenvalue weighted by Crippen LogP contribution is 2.71. The average Bonchev–Trinajstić information content (AvgIpc) is 2.84. The fourth-order valence-corrected chi connectivity index (χ4v) is 9.23. The van der Waals surface area contributed by atoms with Gasteiger partial charge in [-0.2, -0.15) is 8.42 Å². The first-order chi connectivity index (χ1) is 16.2. The van der Waals surface area contributed by atoms with E-state index in [0.29, 0.717) is 9.79 Å². The Kier molecular flexibility index (Phi) is 6.56. The zero-order chi connectivity index (χ0) is 24.3. The molecule has 0 aromatic heterocycles. The maximum absolute atomic E-state index is 13.7. The summed E-state index contributed by atoms with van der Waals surface area (Å²) in [5.74, 6) is 0. The number of rotatable bonds is 7. The normalized spacial score (nSPS) is 12.3. The summed E-state index contributed by atoms with van der Waals surface area (Å²) in [7, 11) is -7.19. The van der Waals surface area contributed by atoms with E-state index in [4.69, 9.17) is 3.63 Å². The van der Waals surface area contributed by atoms with E-state index < -0.39 is 25.4 Å². The minimum atomic E-state index is -4.41. The molecule has 0 aliphatic rings. The summed E-state index contributed by atoms with van der Waals surface area (Å²) in [5, 5.41) is 11.3. The number of nitrogens with zero attached hydrogens (tertiary/aromatic N) is 1. The second kappa shape index (κ2) is 9.42. The Labute approximate surface area is 200 Å². The Hall–Kier alpha value is -3.46. The summed E-state index contributed by atoms with van der Waals surface area (Å²) in [6.07, 6.45) is 0. The summed E-state index contributed by atoms with van der Waals surface area (Å²) in [4.78, 5) is 12.5. The van der Waals surface area contributed by atoms with Gasteiger partial charge in [0.2, 0.25) is 0 Å². The lowest BCUT2D eigenvalue weighted by molar-refractivity contribution is -0.385. The molecule has 4 rings (SSSR count). The van der Waals surface area contributed by atoms with E-state index in [1.54, 1.807) is 0 Å². The molecule has 8 heteroatoms. The van der Waals surface area contributed by atoms with Crippen molar-refractivity contribution in [2.45, 2.75) is 33.4 Å². The molecule has 0 saturated heterocycles. The van der Waals surface area contributed by atoms with Crippen LogP contribution in [0.3, 0.4) is 0 Å². The molecule has 0 saturated carbocycles. The molecule has 0 amide bonds. The Bertz CT molecular complexity index is 1400. The van der Waals surface area contributed by atoms with Gasteiger partial charge in [0.25, 0.3) is 5.69 Å². The van der Waals surface area contributed by atoms with Gasteiger partial charge in [-0.05, 0) is 66.1 Å². The Balaban J connectivity index is 2.03. The fourth-order valence-electron chi connectivity index (χ4n) is 3.78. The van der Waals surface area contributed by atoms with Crippen LogP contribution in [0, 0.1) is 24.0 Å². The molecular weight excluding hydrogens is 470 g/mol. The average molecular weight is 494 g/mol. The third kappa shape index (κ3) is 4.48. The molecule has 0 bridgehead atoms. The maximum Gasteiger partial charge on any atom is 0.307 e. The third-order valence-electron chi connectivity index (χ3n) is 5.30. The van der Waals surface area contributed by atoms with Gasteiger partial charge in [-0.1, -0.05) is 60.2 Å². The van der Waals surface area contributed by atoms with Gasteiger partial charge in [-0.3, -0.25) is 10.1 Å². The van der Waals surface area contributed by atoms with Crippen molar-refractivity contribution < 1.29 is 17.0 Å². The monoisotopic (exact) mass is 493 g/mol. The molecule has 0 atom stereocenters. The Morgan fingerprint density at radius 2 is 1.26 bits per heavy atom. The standard InChI is InChI=1S/C26H23NO5S2/c1-20-16-17-26(21(2)18-20)33(23-11-5-3-6-12-23,24-13-7-4-8-14-24)32-34(30,31)25-15-9-10-22(19-25)27(28)29/h3-19H,1-2H3. The lowest BCUT2D eigenvalue weighted by Gasteiger charge is -2.40. The lowest BCUT2D eigenvalue weighted by atomic mass is 10.2. The summed E-state index contributed by atoms with van der Waals surface area (Å²) in [6, 6.07) is 29.2. The van der Waals surface area contributed by atoms with Gasteiger partial charge < -0.3 is 0 Å². The zero-order valence-electron chi connectivity index (χ0n) is 18.6. The van der Waals surface area contributed by atoms with Crippen LogP contribution in [0.1, 0.15) is 11.1 Å². The number of aryl methyl sites for hydroxylation is 2. The number of hydrogen-bond acceptors (Lipinski definition) is 5. The van der Waals surface area contributed by atoms with E-state index in [0.717, 1.165) is 22.1 Å². The lowest BCUT2D eigenvalue weighted by Crippen LogP contribution is -2.15. The summed E-state index contributed by atoms with van der Waals surface area (Å²) in [5.41, 5.74) is 1.60. The minimum absolute atomic E-state index is 0.268. The first kappa shape index (κ1) is 23.7. The Morgan fingerprint density at radius 1 is 0.706 bits per heavy atom. The van der Waals surface area contributed by atoms with Gasteiger partial charge in [0.15, 0.2) is 0 Å². The van der Waals surface area contributed by atoms with Gasteiger partial charge in [0.05, 0.1) is 4.92 Å². The van der Waals surface area contributed by atoms with Crippen LogP contribution in [-0.2, 0) is 13.7 Å². The van der Waals surface area contributed by atoms with Gasteiger partial charge in [0, 0.05) is 26.8 Å². The second-order valence-electron chi connectivity index (χ2n) is 7.73. The van der Waals surface area contributed by atoms with Crippen LogP contribution in [0.2, 0.25) is 0 Å². The number of benzene rings is 4. The van der Waals surface area contributed by atoms with Crippen molar-refractivity contribution in [2.75, 3.05) is 0 Å². The third-order valence-corrected chi connectivity index (χ3v) is 10.6. The highest BCUT2D eigenvalue weighted by molar-refractivity contribution is 8.33. The number of hydrogen-bond donors (Lipinski definition) is 0. The van der Waals surface area contributed by atoms with Crippen molar-refractivity contribution in [3.63, 3.8) is 0 Å². The summed E-state index contributed by atoms with van der Waals surface area (Å²) < 4.78 is 33.7. The molecule has 0 heterocycles. The molecule has 174 valence electrons. The molecule has 0 N–H and O–H groups in total. The SMILES string of the molecule is Cc1ccc(S(OS(=O)(=O)c2cccc([N+](=O)[O-])c2)(c2ccccc2)c2ccccc2)c(C)c1.